The van der Waals surface area contributed by atoms with Crippen molar-refractivity contribution in [3.63, 3.8) is 0 Å². The highest BCUT2D eigenvalue weighted by Crippen LogP contribution is 2.34. The molecule has 0 unspecified atom stereocenters. The topological polar surface area (TPSA) is 85.2 Å². The van der Waals surface area contributed by atoms with Crippen LogP contribution < -0.4 is 5.32 Å². The third-order valence-electron chi connectivity index (χ3n) is 7.28. The highest BCUT2D eigenvalue weighted by molar-refractivity contribution is 5.95. The molecule has 2 aliphatic rings. The molecule has 2 fully saturated rings. The van der Waals surface area contributed by atoms with Crippen LogP contribution in [-0.2, 0) is 4.74 Å². The summed E-state index contributed by atoms with van der Waals surface area (Å²) in [6.45, 7) is 5.72. The second-order valence-corrected chi connectivity index (χ2v) is 9.34. The molecule has 2 aromatic heterocycles. The second-order valence-electron chi connectivity index (χ2n) is 9.34. The van der Waals surface area contributed by atoms with Crippen LogP contribution in [0.2, 0.25) is 0 Å². The Kier molecular flexibility index (Phi) is 6.88. The molecular formula is C26H31FN6O2. The molecule has 0 spiro atoms. The molecule has 1 aliphatic carbocycles. The van der Waals surface area contributed by atoms with Gasteiger partial charge < -0.3 is 10.1 Å². The number of rotatable bonds is 6. The van der Waals surface area contributed by atoms with Gasteiger partial charge in [-0.3, -0.25) is 9.69 Å². The van der Waals surface area contributed by atoms with E-state index in [0.29, 0.717) is 35.0 Å². The van der Waals surface area contributed by atoms with Crippen LogP contribution in [0.5, 0.6) is 0 Å². The summed E-state index contributed by atoms with van der Waals surface area (Å²) in [5.41, 5.74) is 1.95. The number of halogens is 1. The summed E-state index contributed by atoms with van der Waals surface area (Å²) < 4.78 is 21.3. The van der Waals surface area contributed by atoms with Crippen molar-refractivity contribution in [1.82, 2.24) is 30.0 Å². The maximum atomic E-state index is 14.3. The van der Waals surface area contributed by atoms with E-state index in [-0.39, 0.29) is 17.3 Å². The van der Waals surface area contributed by atoms with E-state index in [2.05, 4.69) is 25.3 Å². The molecule has 184 valence electrons. The minimum absolute atomic E-state index is 0.0151. The first-order valence-corrected chi connectivity index (χ1v) is 12.3. The number of nitrogens with zero attached hydrogens (tertiary/aromatic N) is 5. The summed E-state index contributed by atoms with van der Waals surface area (Å²) in [5, 5.41) is 7.57. The third-order valence-corrected chi connectivity index (χ3v) is 7.28. The van der Waals surface area contributed by atoms with Crippen LogP contribution in [-0.4, -0.2) is 68.9 Å². The van der Waals surface area contributed by atoms with Crippen molar-refractivity contribution in [1.29, 1.82) is 0 Å². The van der Waals surface area contributed by atoms with Crippen molar-refractivity contribution in [2.24, 2.45) is 0 Å². The van der Waals surface area contributed by atoms with Crippen molar-refractivity contribution in [2.45, 2.75) is 44.6 Å². The number of carbonyl (C=O) groups excluding carboxylic acids is 1. The van der Waals surface area contributed by atoms with Gasteiger partial charge in [0.15, 0.2) is 0 Å². The average molecular weight is 479 g/mol. The van der Waals surface area contributed by atoms with Crippen molar-refractivity contribution < 1.29 is 13.9 Å². The lowest BCUT2D eigenvalue weighted by Crippen LogP contribution is -2.59. The highest BCUT2D eigenvalue weighted by atomic mass is 19.1. The molecule has 1 N–H and O–H groups in total. The van der Waals surface area contributed by atoms with Gasteiger partial charge in [-0.15, -0.1) is 0 Å². The van der Waals surface area contributed by atoms with Gasteiger partial charge in [-0.25, -0.2) is 19.0 Å². The quantitative estimate of drug-likeness (QED) is 0.583. The van der Waals surface area contributed by atoms with Crippen LogP contribution in [0.4, 0.5) is 4.39 Å². The zero-order chi connectivity index (χ0) is 24.3. The van der Waals surface area contributed by atoms with Gasteiger partial charge in [0.25, 0.3) is 11.9 Å². The first-order valence-electron chi connectivity index (χ1n) is 12.3. The summed E-state index contributed by atoms with van der Waals surface area (Å²) in [6.07, 6.45) is 8.90. The number of hydrogen-bond acceptors (Lipinski definition) is 6. The van der Waals surface area contributed by atoms with E-state index in [0.717, 1.165) is 39.1 Å². The number of carbonyl (C=O) groups is 1. The first kappa shape index (κ1) is 23.6. The number of amides is 1. The number of aromatic nitrogens is 4. The zero-order valence-corrected chi connectivity index (χ0v) is 20.0. The van der Waals surface area contributed by atoms with Crippen LogP contribution in [0, 0.1) is 12.7 Å². The van der Waals surface area contributed by atoms with E-state index in [9.17, 15) is 9.18 Å². The summed E-state index contributed by atoms with van der Waals surface area (Å²) >= 11 is 0. The van der Waals surface area contributed by atoms with Crippen molar-refractivity contribution >= 4 is 5.91 Å². The van der Waals surface area contributed by atoms with Crippen LogP contribution in [0.15, 0.2) is 42.7 Å². The summed E-state index contributed by atoms with van der Waals surface area (Å²) in [4.78, 5) is 24.5. The normalized spacial score (nSPS) is 18.3. The number of ether oxygens (including phenoxy) is 1. The lowest BCUT2D eigenvalue weighted by atomic mass is 9.79. The molecule has 9 heteroatoms. The SMILES string of the molecule is Cc1c(C(=O)NCC2(N3CCOCC3)CCCCC2)cnn1-c1nccc(-c2ccccc2F)n1. The molecule has 1 aromatic carbocycles. The van der Waals surface area contributed by atoms with E-state index >= 15 is 0 Å². The first-order chi connectivity index (χ1) is 17.1. The molecule has 3 aromatic rings. The standard InChI is InChI=1S/C26H31FN6O2/c1-19-21(24(34)29-18-26(10-5-2-6-11-26)32-13-15-35-16-14-32)17-30-33(19)25-28-12-9-23(31-25)20-7-3-4-8-22(20)27/h3-4,7-9,12,17H,2,5-6,10-11,13-16,18H2,1H3,(H,29,34). The minimum Gasteiger partial charge on any atom is -0.379 e. The van der Waals surface area contributed by atoms with Crippen molar-refractivity contribution in [3.05, 3.63) is 59.8 Å². The van der Waals surface area contributed by atoms with Gasteiger partial charge in [-0.05, 0) is 38.0 Å². The smallest absolute Gasteiger partial charge is 0.254 e. The van der Waals surface area contributed by atoms with Gasteiger partial charge >= 0.3 is 0 Å². The van der Waals surface area contributed by atoms with Crippen LogP contribution >= 0.6 is 0 Å². The fourth-order valence-corrected chi connectivity index (χ4v) is 5.30. The lowest BCUT2D eigenvalue weighted by molar-refractivity contribution is -0.0361. The molecule has 1 aliphatic heterocycles. The predicted octanol–water partition coefficient (Wildman–Crippen LogP) is 3.54. The van der Waals surface area contributed by atoms with Gasteiger partial charge in [-0.1, -0.05) is 31.4 Å². The van der Waals surface area contributed by atoms with Crippen LogP contribution in [0.25, 0.3) is 17.2 Å². The third kappa shape index (κ3) is 4.83. The average Bonchev–Trinajstić information content (AvgIpc) is 3.30. The van der Waals surface area contributed by atoms with E-state index in [1.807, 2.05) is 6.92 Å². The molecule has 3 heterocycles. The molecule has 8 nitrogen and oxygen atoms in total. The molecule has 0 radical (unpaired) electrons. The molecule has 1 amide bonds. The molecular weight excluding hydrogens is 447 g/mol. The van der Waals surface area contributed by atoms with Gasteiger partial charge in [0.05, 0.1) is 36.4 Å². The zero-order valence-electron chi connectivity index (χ0n) is 20.0. The Hall–Kier alpha value is -3.17. The summed E-state index contributed by atoms with van der Waals surface area (Å²) in [5.74, 6) is -0.220. The lowest BCUT2D eigenvalue weighted by Gasteiger charge is -2.48. The Labute approximate surface area is 204 Å². The monoisotopic (exact) mass is 478 g/mol. The Bertz CT molecular complexity index is 1180. The molecule has 0 bridgehead atoms. The summed E-state index contributed by atoms with van der Waals surface area (Å²) in [6, 6.07) is 8.13. The maximum absolute atomic E-state index is 14.3. The molecule has 35 heavy (non-hydrogen) atoms. The Morgan fingerprint density at radius 1 is 1.14 bits per heavy atom. The number of benzene rings is 1. The highest BCUT2D eigenvalue weighted by Gasteiger charge is 2.39. The number of morpholine rings is 1. The fourth-order valence-electron chi connectivity index (χ4n) is 5.30. The van der Waals surface area contributed by atoms with E-state index < -0.39 is 0 Å². The van der Waals surface area contributed by atoms with E-state index in [1.165, 1.54) is 30.0 Å². The second kappa shape index (κ2) is 10.2. The number of nitrogens with one attached hydrogen (secondary N) is 1. The summed E-state index contributed by atoms with van der Waals surface area (Å²) in [7, 11) is 0. The van der Waals surface area contributed by atoms with Crippen molar-refractivity contribution in [3.8, 4) is 17.2 Å². The molecule has 5 rings (SSSR count). The predicted molar refractivity (Wildman–Crippen MR) is 130 cm³/mol. The Morgan fingerprint density at radius 2 is 1.91 bits per heavy atom. The Balaban J connectivity index is 1.34. The minimum atomic E-state index is -0.355. The fraction of sp³-hybridized carbons (Fsp3) is 0.462. The Morgan fingerprint density at radius 3 is 2.69 bits per heavy atom. The number of hydrogen-bond donors (Lipinski definition) is 1. The van der Waals surface area contributed by atoms with Gasteiger partial charge in [0.2, 0.25) is 0 Å². The molecule has 0 atom stereocenters. The van der Waals surface area contributed by atoms with Gasteiger partial charge in [-0.2, -0.15) is 5.10 Å². The largest absolute Gasteiger partial charge is 0.379 e. The molecule has 1 saturated carbocycles. The van der Waals surface area contributed by atoms with Gasteiger partial charge in [0, 0.05) is 36.9 Å². The van der Waals surface area contributed by atoms with Crippen LogP contribution in [0.3, 0.4) is 0 Å². The van der Waals surface area contributed by atoms with Crippen LogP contribution in [0.1, 0.15) is 48.2 Å². The maximum Gasteiger partial charge on any atom is 0.254 e. The van der Waals surface area contributed by atoms with E-state index in [4.69, 9.17) is 4.74 Å². The van der Waals surface area contributed by atoms with Crippen molar-refractivity contribution in [2.75, 3.05) is 32.8 Å². The van der Waals surface area contributed by atoms with Gasteiger partial charge in [0.1, 0.15) is 5.82 Å². The van der Waals surface area contributed by atoms with E-state index in [1.54, 1.807) is 36.7 Å². The molecule has 1 saturated heterocycles.